The minimum absolute atomic E-state index is 0.199. The molecule has 0 unspecified atom stereocenters. The Bertz CT molecular complexity index is 1360. The van der Waals surface area contributed by atoms with Crippen LogP contribution in [-0.2, 0) is 13.1 Å². The van der Waals surface area contributed by atoms with E-state index < -0.39 is 0 Å². The molecule has 2 aromatic carbocycles. The summed E-state index contributed by atoms with van der Waals surface area (Å²) in [5, 5.41) is 7.39. The SMILES string of the molecule is COc1ccc(C(=O)NCCn2ncc3c(=O)n(Cc4cccc(F)c4)cnc32)c(OC)c1. The number of hydrogen-bond acceptors (Lipinski definition) is 6. The number of rotatable bonds is 8. The van der Waals surface area contributed by atoms with Gasteiger partial charge in [-0.1, -0.05) is 12.1 Å². The monoisotopic (exact) mass is 451 g/mol. The number of benzene rings is 2. The molecule has 10 heteroatoms. The molecular formula is C23H22FN5O4. The Hall–Kier alpha value is -4.21. The Morgan fingerprint density at radius 3 is 2.76 bits per heavy atom. The Labute approximate surface area is 188 Å². The number of halogens is 1. The minimum atomic E-state index is -0.364. The lowest BCUT2D eigenvalue weighted by molar-refractivity contribution is 0.0949. The molecule has 33 heavy (non-hydrogen) atoms. The van der Waals surface area contributed by atoms with Crippen molar-refractivity contribution in [3.05, 3.63) is 82.3 Å². The van der Waals surface area contributed by atoms with Gasteiger partial charge >= 0.3 is 0 Å². The van der Waals surface area contributed by atoms with Gasteiger partial charge in [0.25, 0.3) is 11.5 Å². The third kappa shape index (κ3) is 4.69. The fourth-order valence-corrected chi connectivity index (χ4v) is 3.46. The molecule has 1 N–H and O–H groups in total. The highest BCUT2D eigenvalue weighted by Crippen LogP contribution is 2.24. The van der Waals surface area contributed by atoms with Crippen molar-refractivity contribution in [1.29, 1.82) is 0 Å². The normalized spacial score (nSPS) is 10.9. The van der Waals surface area contributed by atoms with E-state index in [2.05, 4.69) is 15.4 Å². The largest absolute Gasteiger partial charge is 0.497 e. The first-order valence-corrected chi connectivity index (χ1v) is 10.2. The number of fused-ring (bicyclic) bond motifs is 1. The van der Waals surface area contributed by atoms with E-state index in [0.29, 0.717) is 40.2 Å². The third-order valence-electron chi connectivity index (χ3n) is 5.13. The fourth-order valence-electron chi connectivity index (χ4n) is 3.46. The fraction of sp³-hybridized carbons (Fsp3) is 0.217. The molecule has 0 fully saturated rings. The molecule has 0 bridgehead atoms. The van der Waals surface area contributed by atoms with E-state index in [1.165, 1.54) is 43.4 Å². The molecule has 2 aromatic heterocycles. The molecule has 0 radical (unpaired) electrons. The van der Waals surface area contributed by atoms with Crippen LogP contribution in [0, 0.1) is 5.82 Å². The minimum Gasteiger partial charge on any atom is -0.497 e. The van der Waals surface area contributed by atoms with E-state index in [-0.39, 0.29) is 30.4 Å². The molecule has 0 saturated carbocycles. The van der Waals surface area contributed by atoms with Crippen molar-refractivity contribution in [3.63, 3.8) is 0 Å². The number of ether oxygens (including phenoxy) is 2. The smallest absolute Gasteiger partial charge is 0.264 e. The Balaban J connectivity index is 1.45. The third-order valence-corrected chi connectivity index (χ3v) is 5.13. The van der Waals surface area contributed by atoms with Crippen molar-refractivity contribution in [3.8, 4) is 11.5 Å². The van der Waals surface area contributed by atoms with Crippen molar-refractivity contribution in [2.75, 3.05) is 20.8 Å². The van der Waals surface area contributed by atoms with Crippen LogP contribution >= 0.6 is 0 Å². The summed E-state index contributed by atoms with van der Waals surface area (Å²) >= 11 is 0. The van der Waals surface area contributed by atoms with Gasteiger partial charge in [-0.3, -0.25) is 14.2 Å². The number of hydrogen-bond donors (Lipinski definition) is 1. The molecular weight excluding hydrogens is 429 g/mol. The summed E-state index contributed by atoms with van der Waals surface area (Å²) in [6.45, 7) is 0.775. The summed E-state index contributed by atoms with van der Waals surface area (Å²) in [4.78, 5) is 29.7. The number of carbonyl (C=O) groups is 1. The van der Waals surface area contributed by atoms with Crippen LogP contribution in [0.5, 0.6) is 11.5 Å². The zero-order valence-electron chi connectivity index (χ0n) is 18.1. The number of amides is 1. The van der Waals surface area contributed by atoms with Gasteiger partial charge in [0, 0.05) is 12.6 Å². The predicted molar refractivity (Wildman–Crippen MR) is 119 cm³/mol. The maximum atomic E-state index is 13.4. The van der Waals surface area contributed by atoms with E-state index in [0.717, 1.165) is 0 Å². The molecule has 2 heterocycles. The van der Waals surface area contributed by atoms with E-state index in [4.69, 9.17) is 9.47 Å². The topological polar surface area (TPSA) is 100 Å². The van der Waals surface area contributed by atoms with Crippen LogP contribution in [0.3, 0.4) is 0 Å². The number of carbonyl (C=O) groups excluding carboxylic acids is 1. The summed E-state index contributed by atoms with van der Waals surface area (Å²) in [7, 11) is 3.02. The summed E-state index contributed by atoms with van der Waals surface area (Å²) < 4.78 is 26.8. The van der Waals surface area contributed by atoms with Gasteiger partial charge in [0.1, 0.15) is 29.0 Å². The molecule has 170 valence electrons. The van der Waals surface area contributed by atoms with Crippen molar-refractivity contribution in [2.45, 2.75) is 13.1 Å². The molecule has 9 nitrogen and oxygen atoms in total. The van der Waals surface area contributed by atoms with Crippen LogP contribution in [0.25, 0.3) is 11.0 Å². The lowest BCUT2D eigenvalue weighted by Gasteiger charge is -2.11. The van der Waals surface area contributed by atoms with Crippen LogP contribution < -0.4 is 20.3 Å². The van der Waals surface area contributed by atoms with Crippen LogP contribution in [-0.4, -0.2) is 46.0 Å². The van der Waals surface area contributed by atoms with Gasteiger partial charge in [-0.2, -0.15) is 5.10 Å². The summed E-state index contributed by atoms with van der Waals surface area (Å²) in [5.41, 5.74) is 1.17. The molecule has 0 aliphatic heterocycles. The second-order valence-electron chi connectivity index (χ2n) is 7.23. The van der Waals surface area contributed by atoms with Crippen LogP contribution in [0.2, 0.25) is 0 Å². The highest BCUT2D eigenvalue weighted by atomic mass is 19.1. The van der Waals surface area contributed by atoms with E-state index in [1.807, 2.05) is 0 Å². The quantitative estimate of drug-likeness (QED) is 0.441. The van der Waals surface area contributed by atoms with Gasteiger partial charge in [-0.05, 0) is 29.8 Å². The van der Waals surface area contributed by atoms with Gasteiger partial charge in [-0.15, -0.1) is 0 Å². The molecule has 4 rings (SSSR count). The second kappa shape index (κ2) is 9.51. The van der Waals surface area contributed by atoms with Crippen molar-refractivity contribution in [2.24, 2.45) is 0 Å². The molecule has 0 spiro atoms. The standard InChI is InChI=1S/C23H22FN5O4/c1-32-17-6-7-18(20(11-17)33-2)22(30)25-8-9-29-21-19(12-27-29)23(31)28(14-26-21)13-15-4-3-5-16(24)10-15/h3-7,10-12,14H,8-9,13H2,1-2H3,(H,25,30). The first kappa shape index (κ1) is 22.0. The zero-order valence-corrected chi connectivity index (χ0v) is 18.1. The predicted octanol–water partition coefficient (Wildman–Crippen LogP) is 2.23. The average molecular weight is 451 g/mol. The van der Waals surface area contributed by atoms with E-state index in [9.17, 15) is 14.0 Å². The van der Waals surface area contributed by atoms with Gasteiger partial charge < -0.3 is 14.8 Å². The lowest BCUT2D eigenvalue weighted by Crippen LogP contribution is -2.28. The zero-order chi connectivity index (χ0) is 23.4. The van der Waals surface area contributed by atoms with Crippen LogP contribution in [0.15, 0.2) is 59.8 Å². The lowest BCUT2D eigenvalue weighted by atomic mass is 10.1. The maximum Gasteiger partial charge on any atom is 0.264 e. The summed E-state index contributed by atoms with van der Waals surface area (Å²) in [6, 6.07) is 11.0. The number of nitrogens with zero attached hydrogens (tertiary/aromatic N) is 4. The van der Waals surface area contributed by atoms with Crippen LogP contribution in [0.4, 0.5) is 4.39 Å². The Morgan fingerprint density at radius 2 is 2.00 bits per heavy atom. The Morgan fingerprint density at radius 1 is 1.15 bits per heavy atom. The maximum absolute atomic E-state index is 13.4. The van der Waals surface area contributed by atoms with Crippen LogP contribution in [0.1, 0.15) is 15.9 Å². The number of aromatic nitrogens is 4. The molecule has 4 aromatic rings. The molecule has 0 aliphatic carbocycles. The van der Waals surface area contributed by atoms with Gasteiger partial charge in [0.15, 0.2) is 5.65 Å². The van der Waals surface area contributed by atoms with Gasteiger partial charge in [-0.25, -0.2) is 14.1 Å². The van der Waals surface area contributed by atoms with E-state index >= 15 is 0 Å². The first-order valence-electron chi connectivity index (χ1n) is 10.2. The number of nitrogens with one attached hydrogen (secondary N) is 1. The van der Waals surface area contributed by atoms with Gasteiger partial charge in [0.2, 0.25) is 0 Å². The van der Waals surface area contributed by atoms with Crippen molar-refractivity contribution < 1.29 is 18.7 Å². The second-order valence-corrected chi connectivity index (χ2v) is 7.23. The molecule has 0 atom stereocenters. The Kier molecular flexibility index (Phi) is 6.34. The highest BCUT2D eigenvalue weighted by Gasteiger charge is 2.14. The molecule has 0 saturated heterocycles. The summed E-state index contributed by atoms with van der Waals surface area (Å²) in [6.07, 6.45) is 2.86. The first-order chi connectivity index (χ1) is 16.0. The summed E-state index contributed by atoms with van der Waals surface area (Å²) in [5.74, 6) is 0.311. The average Bonchev–Trinajstić information content (AvgIpc) is 3.24. The highest BCUT2D eigenvalue weighted by molar-refractivity contribution is 5.97. The number of methoxy groups -OCH3 is 2. The van der Waals surface area contributed by atoms with Gasteiger partial charge in [0.05, 0.1) is 39.1 Å². The van der Waals surface area contributed by atoms with Crippen molar-refractivity contribution in [1.82, 2.24) is 24.6 Å². The molecule has 1 amide bonds. The molecule has 0 aliphatic rings. The van der Waals surface area contributed by atoms with E-state index in [1.54, 1.807) is 35.0 Å². The van der Waals surface area contributed by atoms with Crippen molar-refractivity contribution >= 4 is 16.9 Å².